The summed E-state index contributed by atoms with van der Waals surface area (Å²) in [5.74, 6) is 0. The summed E-state index contributed by atoms with van der Waals surface area (Å²) in [5, 5.41) is 2.05. The Hall–Kier alpha value is -1.12. The molecule has 2 heteroatoms. The molecule has 0 atom stereocenters. The van der Waals surface area contributed by atoms with Gasteiger partial charge in [0.2, 0.25) is 0 Å². The SMILES string of the molecule is CO[C](c1ccccc1)c1cccs1. The zero-order valence-electron chi connectivity index (χ0n) is 7.94. The minimum atomic E-state index is 0.945. The Balaban J connectivity index is 2.31. The van der Waals surface area contributed by atoms with Crippen molar-refractivity contribution in [3.8, 4) is 0 Å². The van der Waals surface area contributed by atoms with E-state index < -0.39 is 0 Å². The van der Waals surface area contributed by atoms with E-state index in [1.54, 1.807) is 18.4 Å². The van der Waals surface area contributed by atoms with Crippen molar-refractivity contribution in [3.63, 3.8) is 0 Å². The van der Waals surface area contributed by atoms with Crippen LogP contribution in [0.2, 0.25) is 0 Å². The van der Waals surface area contributed by atoms with Crippen LogP contribution in [0.25, 0.3) is 0 Å². The minimum Gasteiger partial charge on any atom is -0.364 e. The van der Waals surface area contributed by atoms with Crippen LogP contribution >= 0.6 is 11.3 Å². The molecule has 0 fully saturated rings. The van der Waals surface area contributed by atoms with Crippen molar-refractivity contribution in [3.05, 3.63) is 64.4 Å². The molecular weight excluding hydrogens is 192 g/mol. The Bertz CT molecular complexity index is 366. The van der Waals surface area contributed by atoms with Crippen molar-refractivity contribution >= 4 is 11.3 Å². The summed E-state index contributed by atoms with van der Waals surface area (Å²) in [6.07, 6.45) is 0.945. The molecule has 0 amide bonds. The molecule has 1 heterocycles. The number of hydrogen-bond acceptors (Lipinski definition) is 2. The second-order valence-electron chi connectivity index (χ2n) is 2.88. The molecule has 2 aromatic rings. The first-order valence-electron chi connectivity index (χ1n) is 4.42. The number of ether oxygens (including phenoxy) is 1. The van der Waals surface area contributed by atoms with Crippen molar-refractivity contribution < 1.29 is 4.74 Å². The van der Waals surface area contributed by atoms with Gasteiger partial charge in [-0.15, -0.1) is 11.3 Å². The largest absolute Gasteiger partial charge is 0.364 e. The first-order chi connectivity index (χ1) is 6.92. The average molecular weight is 203 g/mol. The fourth-order valence-electron chi connectivity index (χ4n) is 1.36. The lowest BCUT2D eigenvalue weighted by Crippen LogP contribution is -2.01. The lowest BCUT2D eigenvalue weighted by molar-refractivity contribution is 0.250. The Morgan fingerprint density at radius 1 is 1.07 bits per heavy atom. The normalized spacial score (nSPS) is 10.7. The van der Waals surface area contributed by atoms with Crippen molar-refractivity contribution in [2.45, 2.75) is 0 Å². The van der Waals surface area contributed by atoms with Crippen molar-refractivity contribution in [1.82, 2.24) is 0 Å². The highest BCUT2D eigenvalue weighted by Gasteiger charge is 2.14. The third-order valence-electron chi connectivity index (χ3n) is 1.99. The highest BCUT2D eigenvalue weighted by molar-refractivity contribution is 7.10. The zero-order chi connectivity index (χ0) is 9.80. The van der Waals surface area contributed by atoms with E-state index in [2.05, 4.69) is 23.6 Å². The van der Waals surface area contributed by atoms with Crippen LogP contribution in [-0.4, -0.2) is 7.11 Å². The maximum atomic E-state index is 5.41. The molecule has 1 radical (unpaired) electrons. The summed E-state index contributed by atoms with van der Waals surface area (Å²) < 4.78 is 5.41. The predicted octanol–water partition coefficient (Wildman–Crippen LogP) is 3.32. The van der Waals surface area contributed by atoms with Gasteiger partial charge >= 0.3 is 0 Å². The predicted molar refractivity (Wildman–Crippen MR) is 59.2 cm³/mol. The summed E-state index contributed by atoms with van der Waals surface area (Å²) >= 11 is 1.69. The van der Waals surface area contributed by atoms with Crippen LogP contribution in [0.5, 0.6) is 0 Å². The standard InChI is InChI=1S/C12H11OS/c1-13-12(11-8-5-9-14-11)10-6-3-2-4-7-10/h2-9H,1H3. The molecular formula is C12H11OS. The quantitative estimate of drug-likeness (QED) is 0.743. The highest BCUT2D eigenvalue weighted by Crippen LogP contribution is 2.27. The molecule has 0 aliphatic rings. The number of rotatable bonds is 3. The fourth-order valence-corrected chi connectivity index (χ4v) is 2.13. The minimum absolute atomic E-state index is 0.945. The van der Waals surface area contributed by atoms with Crippen molar-refractivity contribution in [2.24, 2.45) is 0 Å². The van der Waals surface area contributed by atoms with Crippen molar-refractivity contribution in [1.29, 1.82) is 0 Å². The van der Waals surface area contributed by atoms with Crippen LogP contribution in [-0.2, 0) is 4.74 Å². The zero-order valence-corrected chi connectivity index (χ0v) is 8.75. The number of hydrogen-bond donors (Lipinski definition) is 0. The number of thiophene rings is 1. The molecule has 0 unspecified atom stereocenters. The molecule has 14 heavy (non-hydrogen) atoms. The van der Waals surface area contributed by atoms with Gasteiger partial charge < -0.3 is 4.74 Å². The lowest BCUT2D eigenvalue weighted by Gasteiger charge is -2.11. The van der Waals surface area contributed by atoms with E-state index in [-0.39, 0.29) is 0 Å². The molecule has 1 aromatic heterocycles. The van der Waals surface area contributed by atoms with Crippen LogP contribution in [0, 0.1) is 6.10 Å². The molecule has 0 aliphatic heterocycles. The van der Waals surface area contributed by atoms with E-state index in [9.17, 15) is 0 Å². The lowest BCUT2D eigenvalue weighted by atomic mass is 10.1. The van der Waals surface area contributed by atoms with E-state index in [4.69, 9.17) is 4.74 Å². The third kappa shape index (κ3) is 1.86. The van der Waals surface area contributed by atoms with Crippen LogP contribution in [0.15, 0.2) is 47.8 Å². The second kappa shape index (κ2) is 4.40. The van der Waals surface area contributed by atoms with E-state index >= 15 is 0 Å². The second-order valence-corrected chi connectivity index (χ2v) is 3.82. The Morgan fingerprint density at radius 3 is 2.43 bits per heavy atom. The first kappa shape index (κ1) is 9.44. The first-order valence-corrected chi connectivity index (χ1v) is 5.30. The van der Waals surface area contributed by atoms with Gasteiger partial charge in [0.05, 0.1) is 0 Å². The molecule has 0 saturated carbocycles. The van der Waals surface area contributed by atoms with E-state index in [0.717, 1.165) is 11.7 Å². The van der Waals surface area contributed by atoms with Crippen molar-refractivity contribution in [2.75, 3.05) is 7.11 Å². The highest BCUT2D eigenvalue weighted by atomic mass is 32.1. The molecule has 1 nitrogen and oxygen atoms in total. The topological polar surface area (TPSA) is 9.23 Å². The third-order valence-corrected chi connectivity index (χ3v) is 2.85. The fraction of sp³-hybridized carbons (Fsp3) is 0.0833. The van der Waals surface area contributed by atoms with E-state index in [1.807, 2.05) is 24.3 Å². The van der Waals surface area contributed by atoms with Gasteiger partial charge in [-0.05, 0) is 17.0 Å². The summed E-state index contributed by atoms with van der Waals surface area (Å²) in [6.45, 7) is 0. The van der Waals surface area contributed by atoms with Gasteiger partial charge in [0.25, 0.3) is 0 Å². The molecule has 0 N–H and O–H groups in total. The van der Waals surface area contributed by atoms with Gasteiger partial charge in [-0.1, -0.05) is 36.4 Å². The summed E-state index contributed by atoms with van der Waals surface area (Å²) in [4.78, 5) is 1.17. The molecule has 0 aliphatic carbocycles. The number of methoxy groups -OCH3 is 1. The monoisotopic (exact) mass is 203 g/mol. The summed E-state index contributed by atoms with van der Waals surface area (Å²) in [5.41, 5.74) is 1.12. The van der Waals surface area contributed by atoms with Crippen LogP contribution in [0.4, 0.5) is 0 Å². The maximum absolute atomic E-state index is 5.41. The van der Waals surface area contributed by atoms with E-state index in [1.165, 1.54) is 4.88 Å². The average Bonchev–Trinajstić information content (AvgIpc) is 2.74. The van der Waals surface area contributed by atoms with Gasteiger partial charge in [-0.3, -0.25) is 0 Å². The smallest absolute Gasteiger partial charge is 0.165 e. The molecule has 71 valence electrons. The maximum Gasteiger partial charge on any atom is 0.165 e. The molecule has 0 spiro atoms. The van der Waals surface area contributed by atoms with Gasteiger partial charge in [0, 0.05) is 12.0 Å². The van der Waals surface area contributed by atoms with Crippen LogP contribution in [0.3, 0.4) is 0 Å². The van der Waals surface area contributed by atoms with Gasteiger partial charge in [0.1, 0.15) is 0 Å². The molecule has 2 rings (SSSR count). The molecule has 0 bridgehead atoms. The van der Waals surface area contributed by atoms with Gasteiger partial charge in [0.15, 0.2) is 6.10 Å². The summed E-state index contributed by atoms with van der Waals surface area (Å²) in [7, 11) is 1.71. The van der Waals surface area contributed by atoms with Gasteiger partial charge in [-0.25, -0.2) is 0 Å². The van der Waals surface area contributed by atoms with Crippen LogP contribution < -0.4 is 0 Å². The Kier molecular flexibility index (Phi) is 2.96. The summed E-state index contributed by atoms with van der Waals surface area (Å²) in [6, 6.07) is 14.2. The molecule has 1 aromatic carbocycles. The van der Waals surface area contributed by atoms with Gasteiger partial charge in [-0.2, -0.15) is 0 Å². The molecule has 0 saturated heterocycles. The Morgan fingerprint density at radius 2 is 1.86 bits per heavy atom. The van der Waals surface area contributed by atoms with Crippen LogP contribution in [0.1, 0.15) is 10.4 Å². The number of benzene rings is 1. The van der Waals surface area contributed by atoms with E-state index in [0.29, 0.717) is 0 Å². The Labute approximate surface area is 88.0 Å².